The van der Waals surface area contributed by atoms with Crippen molar-refractivity contribution < 1.29 is 14.7 Å². The third-order valence-electron chi connectivity index (χ3n) is 3.28. The van der Waals surface area contributed by atoms with Gasteiger partial charge in [-0.3, -0.25) is 4.79 Å². The molecule has 0 bridgehead atoms. The zero-order chi connectivity index (χ0) is 13.9. The van der Waals surface area contributed by atoms with Crippen LogP contribution in [0.3, 0.4) is 0 Å². The second-order valence-corrected chi connectivity index (χ2v) is 6.09. The minimum absolute atomic E-state index is 0.0230. The highest BCUT2D eigenvalue weighted by molar-refractivity contribution is 5.85. The minimum Gasteiger partial charge on any atom is -0.480 e. The standard InChI is InChI=1S/C13H24N2O3/c1-9-6-5-7-15(11(9)12(17)18)10(16)8-14-13(2,3)4/h9,11,14H,5-8H2,1-4H3,(H,17,18). The number of nitrogens with one attached hydrogen (secondary N) is 1. The summed E-state index contributed by atoms with van der Waals surface area (Å²) in [6.45, 7) is 8.58. The lowest BCUT2D eigenvalue weighted by Crippen LogP contribution is -2.55. The van der Waals surface area contributed by atoms with Crippen molar-refractivity contribution in [1.82, 2.24) is 10.2 Å². The molecule has 1 aliphatic heterocycles. The SMILES string of the molecule is CC1CCCN(C(=O)CNC(C)(C)C)C1C(=O)O. The average Bonchev–Trinajstić information content (AvgIpc) is 2.24. The molecule has 0 aromatic carbocycles. The van der Waals surface area contributed by atoms with Crippen molar-refractivity contribution >= 4 is 11.9 Å². The molecule has 1 amide bonds. The lowest BCUT2D eigenvalue weighted by Gasteiger charge is -2.37. The molecule has 1 rings (SSSR count). The second kappa shape index (κ2) is 5.69. The Morgan fingerprint density at radius 2 is 2.00 bits per heavy atom. The fraction of sp³-hybridized carbons (Fsp3) is 0.846. The summed E-state index contributed by atoms with van der Waals surface area (Å²) in [6, 6.07) is -0.673. The molecule has 1 aliphatic rings. The van der Waals surface area contributed by atoms with Gasteiger partial charge in [0.05, 0.1) is 6.54 Å². The van der Waals surface area contributed by atoms with Crippen molar-refractivity contribution in [3.63, 3.8) is 0 Å². The van der Waals surface area contributed by atoms with E-state index in [2.05, 4.69) is 5.32 Å². The molecule has 1 heterocycles. The van der Waals surface area contributed by atoms with E-state index in [0.29, 0.717) is 6.54 Å². The minimum atomic E-state index is -0.897. The van der Waals surface area contributed by atoms with Crippen LogP contribution >= 0.6 is 0 Å². The monoisotopic (exact) mass is 256 g/mol. The number of rotatable bonds is 3. The summed E-state index contributed by atoms with van der Waals surface area (Å²) in [5, 5.41) is 12.4. The highest BCUT2D eigenvalue weighted by Gasteiger charge is 2.36. The van der Waals surface area contributed by atoms with E-state index >= 15 is 0 Å². The molecule has 2 N–H and O–H groups in total. The maximum absolute atomic E-state index is 12.1. The topological polar surface area (TPSA) is 69.6 Å². The normalized spacial score (nSPS) is 25.0. The van der Waals surface area contributed by atoms with E-state index in [-0.39, 0.29) is 23.9 Å². The lowest BCUT2D eigenvalue weighted by molar-refractivity contribution is -0.154. The van der Waals surface area contributed by atoms with Gasteiger partial charge in [-0.25, -0.2) is 4.79 Å². The fourth-order valence-electron chi connectivity index (χ4n) is 2.29. The highest BCUT2D eigenvalue weighted by Crippen LogP contribution is 2.23. The first-order chi connectivity index (χ1) is 8.22. The van der Waals surface area contributed by atoms with Crippen molar-refractivity contribution in [2.75, 3.05) is 13.1 Å². The predicted octanol–water partition coefficient (Wildman–Crippen LogP) is 1.09. The Hall–Kier alpha value is -1.10. The van der Waals surface area contributed by atoms with Crippen molar-refractivity contribution in [2.45, 2.75) is 52.1 Å². The van der Waals surface area contributed by atoms with Gasteiger partial charge in [0.15, 0.2) is 0 Å². The largest absolute Gasteiger partial charge is 0.480 e. The summed E-state index contributed by atoms with van der Waals surface area (Å²) in [7, 11) is 0. The average molecular weight is 256 g/mol. The number of aliphatic carboxylic acids is 1. The summed E-state index contributed by atoms with van der Waals surface area (Å²) >= 11 is 0. The van der Waals surface area contributed by atoms with Crippen LogP contribution in [0.2, 0.25) is 0 Å². The number of hydrogen-bond acceptors (Lipinski definition) is 3. The Kier molecular flexibility index (Phi) is 4.73. The molecule has 18 heavy (non-hydrogen) atoms. The van der Waals surface area contributed by atoms with Crippen LogP contribution < -0.4 is 5.32 Å². The fourth-order valence-corrected chi connectivity index (χ4v) is 2.29. The summed E-state index contributed by atoms with van der Waals surface area (Å²) in [4.78, 5) is 24.9. The Bertz CT molecular complexity index is 323. The van der Waals surface area contributed by atoms with Crippen LogP contribution in [0.4, 0.5) is 0 Å². The van der Waals surface area contributed by atoms with Gasteiger partial charge in [-0.15, -0.1) is 0 Å². The highest BCUT2D eigenvalue weighted by atomic mass is 16.4. The second-order valence-electron chi connectivity index (χ2n) is 6.09. The molecular weight excluding hydrogens is 232 g/mol. The van der Waals surface area contributed by atoms with Gasteiger partial charge in [0.1, 0.15) is 6.04 Å². The summed E-state index contributed by atoms with van der Waals surface area (Å²) in [5.74, 6) is -0.995. The summed E-state index contributed by atoms with van der Waals surface area (Å²) in [5.41, 5.74) is -0.143. The van der Waals surface area contributed by atoms with Crippen LogP contribution in [-0.2, 0) is 9.59 Å². The van der Waals surface area contributed by atoms with Gasteiger partial charge in [0.2, 0.25) is 5.91 Å². The molecule has 0 aliphatic carbocycles. The number of likely N-dealkylation sites (tertiary alicyclic amines) is 1. The Morgan fingerprint density at radius 1 is 1.39 bits per heavy atom. The number of carbonyl (C=O) groups excluding carboxylic acids is 1. The predicted molar refractivity (Wildman–Crippen MR) is 69.3 cm³/mol. The molecule has 0 aromatic rings. The van der Waals surface area contributed by atoms with Crippen LogP contribution in [0, 0.1) is 5.92 Å². The van der Waals surface area contributed by atoms with Crippen LogP contribution in [0.25, 0.3) is 0 Å². The van der Waals surface area contributed by atoms with Crippen molar-refractivity contribution in [3.05, 3.63) is 0 Å². The zero-order valence-corrected chi connectivity index (χ0v) is 11.7. The molecule has 2 unspecified atom stereocenters. The zero-order valence-electron chi connectivity index (χ0n) is 11.7. The Labute approximate surface area is 109 Å². The molecule has 5 heteroatoms. The smallest absolute Gasteiger partial charge is 0.326 e. The van der Waals surface area contributed by atoms with E-state index in [1.165, 1.54) is 4.90 Å². The number of carbonyl (C=O) groups is 2. The van der Waals surface area contributed by atoms with Gasteiger partial charge in [-0.2, -0.15) is 0 Å². The molecule has 1 fully saturated rings. The molecule has 0 spiro atoms. The third-order valence-corrected chi connectivity index (χ3v) is 3.28. The third kappa shape index (κ3) is 3.98. The quantitative estimate of drug-likeness (QED) is 0.793. The van der Waals surface area contributed by atoms with E-state index in [9.17, 15) is 14.7 Å². The van der Waals surface area contributed by atoms with Gasteiger partial charge >= 0.3 is 5.97 Å². The van der Waals surface area contributed by atoms with E-state index in [4.69, 9.17) is 0 Å². The molecule has 0 radical (unpaired) electrons. The number of hydrogen-bond donors (Lipinski definition) is 2. The molecule has 0 aromatic heterocycles. The maximum Gasteiger partial charge on any atom is 0.326 e. The van der Waals surface area contributed by atoms with Crippen LogP contribution in [-0.4, -0.2) is 46.6 Å². The Balaban J connectivity index is 2.67. The van der Waals surface area contributed by atoms with Crippen LogP contribution in [0.5, 0.6) is 0 Å². The van der Waals surface area contributed by atoms with E-state index in [1.54, 1.807) is 0 Å². The van der Waals surface area contributed by atoms with E-state index in [0.717, 1.165) is 12.8 Å². The number of nitrogens with zero attached hydrogens (tertiary/aromatic N) is 1. The maximum atomic E-state index is 12.1. The van der Waals surface area contributed by atoms with Crippen molar-refractivity contribution in [1.29, 1.82) is 0 Å². The van der Waals surface area contributed by atoms with Crippen molar-refractivity contribution in [2.24, 2.45) is 5.92 Å². The van der Waals surface area contributed by atoms with Crippen LogP contribution in [0.1, 0.15) is 40.5 Å². The summed E-state index contributed by atoms with van der Waals surface area (Å²) < 4.78 is 0. The van der Waals surface area contributed by atoms with Gasteiger partial charge < -0.3 is 15.3 Å². The molecule has 2 atom stereocenters. The van der Waals surface area contributed by atoms with Gasteiger partial charge in [-0.05, 0) is 39.5 Å². The van der Waals surface area contributed by atoms with E-state index in [1.807, 2.05) is 27.7 Å². The number of amides is 1. The van der Waals surface area contributed by atoms with Gasteiger partial charge in [0, 0.05) is 12.1 Å². The molecule has 1 saturated heterocycles. The molecular formula is C13H24N2O3. The number of carboxylic acids is 1. The molecule has 0 saturated carbocycles. The van der Waals surface area contributed by atoms with Gasteiger partial charge in [0.25, 0.3) is 0 Å². The lowest BCUT2D eigenvalue weighted by atomic mass is 9.90. The van der Waals surface area contributed by atoms with Crippen molar-refractivity contribution in [3.8, 4) is 0 Å². The van der Waals surface area contributed by atoms with Gasteiger partial charge in [-0.1, -0.05) is 6.92 Å². The first-order valence-corrected chi connectivity index (χ1v) is 6.49. The summed E-state index contributed by atoms with van der Waals surface area (Å²) in [6.07, 6.45) is 1.75. The first kappa shape index (κ1) is 15.0. The molecule has 104 valence electrons. The van der Waals surface area contributed by atoms with Crippen LogP contribution in [0.15, 0.2) is 0 Å². The number of carboxylic acid groups (broad SMARTS) is 1. The molecule has 5 nitrogen and oxygen atoms in total. The van der Waals surface area contributed by atoms with E-state index < -0.39 is 12.0 Å². The Morgan fingerprint density at radius 3 is 2.50 bits per heavy atom. The number of piperidine rings is 1. The first-order valence-electron chi connectivity index (χ1n) is 6.49.